The third-order valence-corrected chi connectivity index (χ3v) is 3.82. The summed E-state index contributed by atoms with van der Waals surface area (Å²) in [6, 6.07) is -0.925. The molecule has 3 unspecified atom stereocenters. The van der Waals surface area contributed by atoms with Crippen molar-refractivity contribution in [1.82, 2.24) is 10.2 Å². The summed E-state index contributed by atoms with van der Waals surface area (Å²) in [7, 11) is 1.62. The molecule has 3 atom stereocenters. The molecule has 102 valence electrons. The van der Waals surface area contributed by atoms with Crippen LogP contribution in [0.15, 0.2) is 0 Å². The highest BCUT2D eigenvalue weighted by Crippen LogP contribution is 2.25. The van der Waals surface area contributed by atoms with Crippen LogP contribution in [0.1, 0.15) is 20.3 Å². The Balaban J connectivity index is 2.14. The SMILES string of the molecule is COC1(CN2C(=O)C(C)NC(=O)C2C)CCOC1. The molecule has 0 aromatic heterocycles. The summed E-state index contributed by atoms with van der Waals surface area (Å²) in [5.74, 6) is -0.183. The number of nitrogens with one attached hydrogen (secondary N) is 1. The van der Waals surface area contributed by atoms with Gasteiger partial charge in [0.15, 0.2) is 0 Å². The number of ether oxygens (including phenoxy) is 2. The predicted molar refractivity (Wildman–Crippen MR) is 64.0 cm³/mol. The van der Waals surface area contributed by atoms with E-state index in [9.17, 15) is 9.59 Å². The topological polar surface area (TPSA) is 67.9 Å². The molecule has 6 nitrogen and oxygen atoms in total. The van der Waals surface area contributed by atoms with Gasteiger partial charge in [0.1, 0.15) is 17.7 Å². The maximum absolute atomic E-state index is 12.1. The molecule has 2 amide bonds. The van der Waals surface area contributed by atoms with Gasteiger partial charge in [-0.1, -0.05) is 0 Å². The van der Waals surface area contributed by atoms with Crippen molar-refractivity contribution in [3.8, 4) is 0 Å². The van der Waals surface area contributed by atoms with Crippen molar-refractivity contribution in [3.63, 3.8) is 0 Å². The van der Waals surface area contributed by atoms with Gasteiger partial charge in [0.05, 0.1) is 13.2 Å². The molecular weight excluding hydrogens is 236 g/mol. The monoisotopic (exact) mass is 256 g/mol. The van der Waals surface area contributed by atoms with Crippen LogP contribution in [-0.2, 0) is 19.1 Å². The second kappa shape index (κ2) is 4.85. The van der Waals surface area contributed by atoms with Gasteiger partial charge in [-0.05, 0) is 13.8 Å². The third-order valence-electron chi connectivity index (χ3n) is 3.82. The van der Waals surface area contributed by atoms with E-state index in [2.05, 4.69) is 5.32 Å². The second-order valence-corrected chi connectivity index (χ2v) is 5.06. The Kier molecular flexibility index (Phi) is 3.59. The van der Waals surface area contributed by atoms with E-state index < -0.39 is 17.7 Å². The number of carbonyl (C=O) groups is 2. The molecule has 18 heavy (non-hydrogen) atoms. The minimum Gasteiger partial charge on any atom is -0.378 e. The predicted octanol–water partition coefficient (Wildman–Crippen LogP) is -0.473. The van der Waals surface area contributed by atoms with E-state index in [1.807, 2.05) is 0 Å². The van der Waals surface area contributed by atoms with Gasteiger partial charge < -0.3 is 19.7 Å². The average Bonchev–Trinajstić information content (AvgIpc) is 2.82. The lowest BCUT2D eigenvalue weighted by Gasteiger charge is -2.40. The van der Waals surface area contributed by atoms with E-state index in [1.54, 1.807) is 25.9 Å². The fourth-order valence-electron chi connectivity index (χ4n) is 2.44. The molecule has 0 aromatic carbocycles. The van der Waals surface area contributed by atoms with Gasteiger partial charge in [-0.25, -0.2) is 0 Å². The van der Waals surface area contributed by atoms with E-state index in [1.165, 1.54) is 0 Å². The van der Waals surface area contributed by atoms with E-state index in [4.69, 9.17) is 9.47 Å². The largest absolute Gasteiger partial charge is 0.378 e. The highest BCUT2D eigenvalue weighted by atomic mass is 16.5. The number of rotatable bonds is 3. The lowest BCUT2D eigenvalue weighted by molar-refractivity contribution is -0.153. The molecular formula is C12H20N2O4. The number of carbonyl (C=O) groups excluding carboxylic acids is 2. The average molecular weight is 256 g/mol. The van der Waals surface area contributed by atoms with Crippen LogP contribution in [0.3, 0.4) is 0 Å². The summed E-state index contributed by atoms with van der Waals surface area (Å²) in [6.45, 7) is 4.94. The summed E-state index contributed by atoms with van der Waals surface area (Å²) in [6.07, 6.45) is 0.746. The number of piperazine rings is 1. The van der Waals surface area contributed by atoms with E-state index >= 15 is 0 Å². The van der Waals surface area contributed by atoms with Crippen LogP contribution < -0.4 is 5.32 Å². The molecule has 2 saturated heterocycles. The number of nitrogens with zero attached hydrogens (tertiary/aromatic N) is 1. The van der Waals surface area contributed by atoms with E-state index in [-0.39, 0.29) is 11.8 Å². The Bertz CT molecular complexity index is 352. The normalized spacial score (nSPS) is 36.9. The van der Waals surface area contributed by atoms with Gasteiger partial charge in [-0.2, -0.15) is 0 Å². The number of amides is 2. The first-order valence-electron chi connectivity index (χ1n) is 6.23. The van der Waals surface area contributed by atoms with Crippen molar-refractivity contribution in [1.29, 1.82) is 0 Å². The summed E-state index contributed by atoms with van der Waals surface area (Å²) in [5, 5.41) is 2.66. The van der Waals surface area contributed by atoms with Gasteiger partial charge in [0.25, 0.3) is 0 Å². The first-order valence-corrected chi connectivity index (χ1v) is 6.23. The molecule has 1 N–H and O–H groups in total. The molecule has 2 aliphatic rings. The molecule has 0 spiro atoms. The van der Waals surface area contributed by atoms with Gasteiger partial charge in [-0.15, -0.1) is 0 Å². The molecule has 0 radical (unpaired) electrons. The highest BCUT2D eigenvalue weighted by Gasteiger charge is 2.43. The van der Waals surface area contributed by atoms with Crippen molar-refractivity contribution in [2.45, 2.75) is 38.0 Å². The van der Waals surface area contributed by atoms with Crippen LogP contribution in [0.2, 0.25) is 0 Å². The zero-order chi connectivity index (χ0) is 13.3. The van der Waals surface area contributed by atoms with Crippen molar-refractivity contribution < 1.29 is 19.1 Å². The van der Waals surface area contributed by atoms with Gasteiger partial charge in [0.2, 0.25) is 11.8 Å². The van der Waals surface area contributed by atoms with Crippen molar-refractivity contribution in [2.24, 2.45) is 0 Å². The van der Waals surface area contributed by atoms with Crippen LogP contribution in [0, 0.1) is 0 Å². The molecule has 0 aliphatic carbocycles. The number of hydrogen-bond donors (Lipinski definition) is 1. The Morgan fingerprint density at radius 3 is 2.78 bits per heavy atom. The zero-order valence-electron chi connectivity index (χ0n) is 11.1. The zero-order valence-corrected chi connectivity index (χ0v) is 11.1. The fraction of sp³-hybridized carbons (Fsp3) is 0.833. The minimum atomic E-state index is -0.471. The molecule has 0 saturated carbocycles. The van der Waals surface area contributed by atoms with Crippen LogP contribution in [-0.4, -0.2) is 61.3 Å². The molecule has 6 heteroatoms. The standard InChI is InChI=1S/C12H20N2O4/c1-8-11(16)14(9(2)10(15)13-8)6-12(17-3)4-5-18-7-12/h8-9H,4-7H2,1-3H3,(H,13,15). The third kappa shape index (κ3) is 2.22. The smallest absolute Gasteiger partial charge is 0.245 e. The van der Waals surface area contributed by atoms with Crippen molar-refractivity contribution in [2.75, 3.05) is 26.9 Å². The van der Waals surface area contributed by atoms with E-state index in [0.717, 1.165) is 6.42 Å². The van der Waals surface area contributed by atoms with Gasteiger partial charge in [-0.3, -0.25) is 9.59 Å². The van der Waals surface area contributed by atoms with Crippen molar-refractivity contribution in [3.05, 3.63) is 0 Å². The van der Waals surface area contributed by atoms with Crippen molar-refractivity contribution >= 4 is 11.8 Å². The van der Waals surface area contributed by atoms with Crippen LogP contribution in [0.25, 0.3) is 0 Å². The summed E-state index contributed by atoms with van der Waals surface area (Å²) in [5.41, 5.74) is -0.471. The number of methoxy groups -OCH3 is 1. The summed E-state index contributed by atoms with van der Waals surface area (Å²) >= 11 is 0. The molecule has 2 heterocycles. The Morgan fingerprint density at radius 2 is 2.22 bits per heavy atom. The lowest BCUT2D eigenvalue weighted by Crippen LogP contribution is -2.64. The quantitative estimate of drug-likeness (QED) is 0.741. The van der Waals surface area contributed by atoms with Crippen LogP contribution in [0.4, 0.5) is 0 Å². The van der Waals surface area contributed by atoms with Gasteiger partial charge in [0, 0.05) is 20.1 Å². The molecule has 0 aromatic rings. The van der Waals surface area contributed by atoms with E-state index in [0.29, 0.717) is 19.8 Å². The highest BCUT2D eigenvalue weighted by molar-refractivity contribution is 5.96. The summed E-state index contributed by atoms with van der Waals surface area (Å²) < 4.78 is 10.9. The Morgan fingerprint density at radius 1 is 1.50 bits per heavy atom. The minimum absolute atomic E-state index is 0.0644. The maximum atomic E-state index is 12.1. The maximum Gasteiger partial charge on any atom is 0.245 e. The fourth-order valence-corrected chi connectivity index (χ4v) is 2.44. The first kappa shape index (κ1) is 13.3. The Labute approximate surface area is 107 Å². The summed E-state index contributed by atoms with van der Waals surface area (Å²) in [4.78, 5) is 25.5. The molecule has 2 aliphatic heterocycles. The number of hydrogen-bond acceptors (Lipinski definition) is 4. The van der Waals surface area contributed by atoms with Crippen LogP contribution >= 0.6 is 0 Å². The van der Waals surface area contributed by atoms with Crippen LogP contribution in [0.5, 0.6) is 0 Å². The molecule has 0 bridgehead atoms. The molecule has 2 rings (SSSR count). The first-order chi connectivity index (χ1) is 8.49. The second-order valence-electron chi connectivity index (χ2n) is 5.06. The lowest BCUT2D eigenvalue weighted by atomic mass is 9.99. The Hall–Kier alpha value is -1.14. The molecule has 2 fully saturated rings. The van der Waals surface area contributed by atoms with Gasteiger partial charge >= 0.3 is 0 Å².